The molecule has 19 heavy (non-hydrogen) atoms. The van der Waals surface area contributed by atoms with Crippen molar-refractivity contribution in [1.82, 2.24) is 0 Å². The van der Waals surface area contributed by atoms with Crippen LogP contribution in [0.15, 0.2) is 12.2 Å². The molecule has 0 bridgehead atoms. The molecule has 0 aromatic carbocycles. The summed E-state index contributed by atoms with van der Waals surface area (Å²) in [4.78, 5) is 33.0. The van der Waals surface area contributed by atoms with Gasteiger partial charge in [-0.2, -0.15) is 0 Å². The van der Waals surface area contributed by atoms with Crippen LogP contribution >= 0.6 is 0 Å². The topological polar surface area (TPSA) is 88.1 Å². The quantitative estimate of drug-likeness (QED) is 0.257. The van der Waals surface area contributed by atoms with Crippen molar-refractivity contribution in [3.63, 3.8) is 0 Å². The van der Waals surface area contributed by atoms with Gasteiger partial charge in [0.2, 0.25) is 0 Å². The molecule has 7 heteroatoms. The number of hydrogen-bond donors (Lipinski definition) is 0. The molecule has 0 heterocycles. The molecule has 0 saturated carbocycles. The van der Waals surface area contributed by atoms with Crippen molar-refractivity contribution in [3.8, 4) is 0 Å². The molecule has 0 unspecified atom stereocenters. The number of ether oxygens (including phenoxy) is 4. The van der Waals surface area contributed by atoms with Crippen LogP contribution in [0.5, 0.6) is 0 Å². The van der Waals surface area contributed by atoms with Crippen LogP contribution in [0.4, 0.5) is 0 Å². The fraction of sp³-hybridized carbons (Fsp3) is 0.583. The Balaban J connectivity index is 3.72. The summed E-state index contributed by atoms with van der Waals surface area (Å²) in [7, 11) is 0. The molecule has 0 spiro atoms. The van der Waals surface area contributed by atoms with Crippen LogP contribution in [0.2, 0.25) is 0 Å². The summed E-state index contributed by atoms with van der Waals surface area (Å²) < 4.78 is 18.7. The second-order valence-corrected chi connectivity index (χ2v) is 3.11. The predicted octanol–water partition coefficient (Wildman–Crippen LogP) is 0.229. The Bertz CT molecular complexity index is 322. The van der Waals surface area contributed by atoms with Crippen LogP contribution in [-0.2, 0) is 33.3 Å². The van der Waals surface area contributed by atoms with E-state index in [1.54, 1.807) is 6.92 Å². The van der Waals surface area contributed by atoms with Crippen LogP contribution in [0, 0.1) is 0 Å². The highest BCUT2D eigenvalue weighted by atomic mass is 16.6. The molecule has 0 atom stereocenters. The first-order valence-corrected chi connectivity index (χ1v) is 5.85. The molecule has 0 saturated heterocycles. The monoisotopic (exact) mass is 274 g/mol. The Labute approximate surface area is 111 Å². The van der Waals surface area contributed by atoms with Crippen LogP contribution in [0.1, 0.15) is 13.8 Å². The van der Waals surface area contributed by atoms with Gasteiger partial charge in [0.05, 0.1) is 13.2 Å². The minimum absolute atomic E-state index is 0.100. The number of esters is 3. The number of hydrogen-bond acceptors (Lipinski definition) is 7. The van der Waals surface area contributed by atoms with Crippen molar-refractivity contribution in [1.29, 1.82) is 0 Å². The van der Waals surface area contributed by atoms with Gasteiger partial charge in [-0.1, -0.05) is 0 Å². The largest absolute Gasteiger partial charge is 0.463 e. The molecule has 0 N–H and O–H groups in total. The van der Waals surface area contributed by atoms with Crippen LogP contribution in [0.3, 0.4) is 0 Å². The molecule has 0 fully saturated rings. The minimum Gasteiger partial charge on any atom is -0.463 e. The van der Waals surface area contributed by atoms with E-state index in [-0.39, 0.29) is 13.2 Å². The maximum atomic E-state index is 11.1. The van der Waals surface area contributed by atoms with Crippen molar-refractivity contribution in [3.05, 3.63) is 12.2 Å². The van der Waals surface area contributed by atoms with E-state index < -0.39 is 24.5 Å². The molecule has 0 aromatic heterocycles. The van der Waals surface area contributed by atoms with E-state index in [9.17, 15) is 14.4 Å². The molecule has 0 radical (unpaired) electrons. The van der Waals surface area contributed by atoms with E-state index in [1.165, 1.54) is 0 Å². The first kappa shape index (κ1) is 17.1. The lowest BCUT2D eigenvalue weighted by Gasteiger charge is -2.04. The lowest BCUT2D eigenvalue weighted by Crippen LogP contribution is -2.17. The average Bonchev–Trinajstić information content (AvgIpc) is 2.39. The predicted molar refractivity (Wildman–Crippen MR) is 64.2 cm³/mol. The third-order valence-corrected chi connectivity index (χ3v) is 1.67. The molecule has 0 amide bonds. The summed E-state index contributed by atoms with van der Waals surface area (Å²) in [5, 5.41) is 0. The fourth-order valence-electron chi connectivity index (χ4n) is 0.905. The first-order valence-electron chi connectivity index (χ1n) is 5.85. The van der Waals surface area contributed by atoms with Gasteiger partial charge in [0.25, 0.3) is 0 Å². The van der Waals surface area contributed by atoms with Gasteiger partial charge in [-0.05, 0) is 13.8 Å². The van der Waals surface area contributed by atoms with E-state index in [1.807, 2.05) is 6.92 Å². The van der Waals surface area contributed by atoms with Gasteiger partial charge in [0, 0.05) is 18.8 Å². The standard InChI is InChI=1S/C12H18O7/c1-3-16-7-8-18-12(15)9-19-11(14)6-5-10(13)17-4-2/h5-6H,3-4,7-9H2,1-2H3/b6-5+. The lowest BCUT2D eigenvalue weighted by molar-refractivity contribution is -0.157. The molecular formula is C12H18O7. The molecule has 108 valence electrons. The van der Waals surface area contributed by atoms with Crippen LogP contribution in [-0.4, -0.2) is 50.9 Å². The zero-order valence-corrected chi connectivity index (χ0v) is 11.0. The van der Waals surface area contributed by atoms with Crippen LogP contribution < -0.4 is 0 Å². The van der Waals surface area contributed by atoms with Gasteiger partial charge in [0.15, 0.2) is 6.61 Å². The summed E-state index contributed by atoms with van der Waals surface area (Å²) in [5.74, 6) is -2.16. The van der Waals surface area contributed by atoms with Gasteiger partial charge in [0.1, 0.15) is 6.61 Å². The number of carbonyl (C=O) groups excluding carboxylic acids is 3. The molecule has 0 rings (SSSR count). The minimum atomic E-state index is -0.824. The Morgan fingerprint density at radius 3 is 2.05 bits per heavy atom. The van der Waals surface area contributed by atoms with Crippen LogP contribution in [0.25, 0.3) is 0 Å². The van der Waals surface area contributed by atoms with Crippen molar-refractivity contribution in [2.24, 2.45) is 0 Å². The van der Waals surface area contributed by atoms with Gasteiger partial charge >= 0.3 is 17.9 Å². The molecule has 0 aliphatic carbocycles. The summed E-state index contributed by atoms with van der Waals surface area (Å²) >= 11 is 0. The zero-order chi connectivity index (χ0) is 14.5. The zero-order valence-electron chi connectivity index (χ0n) is 11.0. The average molecular weight is 274 g/mol. The molecule has 0 aromatic rings. The van der Waals surface area contributed by atoms with Gasteiger partial charge < -0.3 is 18.9 Å². The maximum absolute atomic E-state index is 11.1. The Morgan fingerprint density at radius 2 is 1.47 bits per heavy atom. The van der Waals surface area contributed by atoms with E-state index >= 15 is 0 Å². The summed E-state index contributed by atoms with van der Waals surface area (Å²) in [5.41, 5.74) is 0. The lowest BCUT2D eigenvalue weighted by atomic mass is 10.5. The highest BCUT2D eigenvalue weighted by Gasteiger charge is 2.06. The first-order chi connectivity index (χ1) is 9.10. The van der Waals surface area contributed by atoms with Crippen molar-refractivity contribution < 1.29 is 33.3 Å². The van der Waals surface area contributed by atoms with Crippen molar-refractivity contribution >= 4 is 17.9 Å². The smallest absolute Gasteiger partial charge is 0.344 e. The normalized spacial score (nSPS) is 10.2. The number of rotatable bonds is 9. The maximum Gasteiger partial charge on any atom is 0.344 e. The fourth-order valence-corrected chi connectivity index (χ4v) is 0.905. The summed E-state index contributed by atoms with van der Waals surface area (Å²) in [6.07, 6.45) is 1.80. The van der Waals surface area contributed by atoms with Crippen molar-refractivity contribution in [2.45, 2.75) is 13.8 Å². The Hall–Kier alpha value is -1.89. The van der Waals surface area contributed by atoms with Gasteiger partial charge in [-0.25, -0.2) is 14.4 Å². The molecule has 0 aliphatic heterocycles. The highest BCUT2D eigenvalue weighted by Crippen LogP contribution is 1.88. The SMILES string of the molecule is CCOCCOC(=O)COC(=O)/C=C/C(=O)OCC. The second kappa shape index (κ2) is 11.2. The molecular weight excluding hydrogens is 256 g/mol. The highest BCUT2D eigenvalue weighted by molar-refractivity contribution is 5.92. The van der Waals surface area contributed by atoms with E-state index in [4.69, 9.17) is 9.47 Å². The third kappa shape index (κ3) is 11.0. The van der Waals surface area contributed by atoms with E-state index in [0.717, 1.165) is 12.2 Å². The number of carbonyl (C=O) groups is 3. The molecule has 7 nitrogen and oxygen atoms in total. The van der Waals surface area contributed by atoms with E-state index in [2.05, 4.69) is 9.47 Å². The van der Waals surface area contributed by atoms with Gasteiger partial charge in [-0.3, -0.25) is 0 Å². The second-order valence-electron chi connectivity index (χ2n) is 3.11. The Kier molecular flexibility index (Phi) is 10.1. The Morgan fingerprint density at radius 1 is 0.842 bits per heavy atom. The third-order valence-electron chi connectivity index (χ3n) is 1.67. The molecule has 0 aliphatic rings. The van der Waals surface area contributed by atoms with Gasteiger partial charge in [-0.15, -0.1) is 0 Å². The van der Waals surface area contributed by atoms with Crippen molar-refractivity contribution in [2.75, 3.05) is 33.0 Å². The summed E-state index contributed by atoms with van der Waals surface area (Å²) in [6.45, 7) is 4.08. The summed E-state index contributed by atoms with van der Waals surface area (Å²) in [6, 6.07) is 0. The van der Waals surface area contributed by atoms with E-state index in [0.29, 0.717) is 13.2 Å².